The largest absolute Gasteiger partial charge is 0.444 e. The molecule has 2 rings (SSSR count). The molecular formula is C17H25NO3S. The summed E-state index contributed by atoms with van der Waals surface area (Å²) >= 11 is 0. The molecule has 1 aliphatic rings. The van der Waals surface area contributed by atoms with E-state index in [0.717, 1.165) is 24.2 Å². The molecule has 0 saturated heterocycles. The number of amides is 1. The average molecular weight is 323 g/mol. The number of benzene rings is 1. The summed E-state index contributed by atoms with van der Waals surface area (Å²) in [7, 11) is -1.02. The van der Waals surface area contributed by atoms with E-state index >= 15 is 0 Å². The smallest absolute Gasteiger partial charge is 0.407 e. The van der Waals surface area contributed by atoms with Crippen LogP contribution in [0.25, 0.3) is 0 Å². The van der Waals surface area contributed by atoms with E-state index < -0.39 is 16.4 Å². The van der Waals surface area contributed by atoms with Gasteiger partial charge in [0.15, 0.2) is 0 Å². The molecule has 1 saturated carbocycles. The van der Waals surface area contributed by atoms with Crippen LogP contribution in [0.3, 0.4) is 0 Å². The Morgan fingerprint density at radius 2 is 1.95 bits per heavy atom. The topological polar surface area (TPSA) is 55.4 Å². The SMILES string of the molecule is CC(C)(C)OC(=O)N[C@@H]1CCC[C@H]1CS(=O)c1ccccc1. The van der Waals surface area contributed by atoms with Crippen LogP contribution in [0.1, 0.15) is 40.0 Å². The lowest BCUT2D eigenvalue weighted by molar-refractivity contribution is 0.0495. The minimum Gasteiger partial charge on any atom is -0.444 e. The molecule has 0 spiro atoms. The molecular weight excluding hydrogens is 298 g/mol. The van der Waals surface area contributed by atoms with Gasteiger partial charge in [-0.05, 0) is 51.7 Å². The molecule has 3 atom stereocenters. The number of alkyl carbamates (subject to hydrolysis) is 1. The highest BCUT2D eigenvalue weighted by molar-refractivity contribution is 7.85. The van der Waals surface area contributed by atoms with Crippen molar-refractivity contribution in [1.82, 2.24) is 5.32 Å². The van der Waals surface area contributed by atoms with Gasteiger partial charge in [0.05, 0.1) is 10.8 Å². The number of hydrogen-bond donors (Lipinski definition) is 1. The second kappa shape index (κ2) is 7.27. The van der Waals surface area contributed by atoms with Gasteiger partial charge in [-0.2, -0.15) is 0 Å². The maximum Gasteiger partial charge on any atom is 0.407 e. The third-order valence-electron chi connectivity index (χ3n) is 3.73. The van der Waals surface area contributed by atoms with Crippen molar-refractivity contribution in [2.75, 3.05) is 5.75 Å². The Balaban J connectivity index is 1.91. The van der Waals surface area contributed by atoms with Gasteiger partial charge in [0.2, 0.25) is 0 Å². The number of rotatable bonds is 4. The van der Waals surface area contributed by atoms with Crippen LogP contribution in [0.4, 0.5) is 4.79 Å². The van der Waals surface area contributed by atoms with Gasteiger partial charge in [-0.1, -0.05) is 24.6 Å². The molecule has 1 aromatic rings. The van der Waals surface area contributed by atoms with Crippen molar-refractivity contribution in [2.24, 2.45) is 5.92 Å². The number of carbonyl (C=O) groups is 1. The van der Waals surface area contributed by atoms with Crippen LogP contribution in [0.15, 0.2) is 35.2 Å². The Morgan fingerprint density at radius 3 is 2.59 bits per heavy atom. The number of hydrogen-bond acceptors (Lipinski definition) is 3. The van der Waals surface area contributed by atoms with Crippen molar-refractivity contribution in [2.45, 2.75) is 56.6 Å². The Hall–Kier alpha value is -1.36. The minimum absolute atomic E-state index is 0.0579. The fourth-order valence-corrected chi connectivity index (χ4v) is 4.19. The Labute approximate surface area is 135 Å². The molecule has 1 fully saturated rings. The summed E-state index contributed by atoms with van der Waals surface area (Å²) in [6.07, 6.45) is 2.60. The van der Waals surface area contributed by atoms with E-state index in [1.165, 1.54) is 0 Å². The number of nitrogens with one attached hydrogen (secondary N) is 1. The standard InChI is InChI=1S/C17H25NO3S/c1-17(2,3)21-16(19)18-15-11-7-8-13(15)12-22(20)14-9-5-4-6-10-14/h4-6,9-10,13,15H,7-8,11-12H2,1-3H3,(H,18,19)/t13-,15+,22?/m0/s1. The molecule has 0 heterocycles. The third-order valence-corrected chi connectivity index (χ3v) is 5.26. The first-order chi connectivity index (χ1) is 10.3. The van der Waals surface area contributed by atoms with Gasteiger partial charge >= 0.3 is 6.09 Å². The maximum atomic E-state index is 12.4. The van der Waals surface area contributed by atoms with Crippen LogP contribution in [0, 0.1) is 5.92 Å². The van der Waals surface area contributed by atoms with Gasteiger partial charge in [-0.3, -0.25) is 4.21 Å². The molecule has 1 aromatic carbocycles. The molecule has 4 nitrogen and oxygen atoms in total. The third kappa shape index (κ3) is 5.13. The molecule has 122 valence electrons. The summed E-state index contributed by atoms with van der Waals surface area (Å²) in [5.74, 6) is 0.832. The maximum absolute atomic E-state index is 12.4. The van der Waals surface area contributed by atoms with Crippen LogP contribution >= 0.6 is 0 Å². The second-order valence-corrected chi connectivity index (χ2v) is 8.26. The highest BCUT2D eigenvalue weighted by Crippen LogP contribution is 2.28. The van der Waals surface area contributed by atoms with Crippen molar-refractivity contribution in [3.8, 4) is 0 Å². The average Bonchev–Trinajstić information content (AvgIpc) is 2.84. The van der Waals surface area contributed by atoms with Crippen molar-refractivity contribution in [1.29, 1.82) is 0 Å². The molecule has 1 N–H and O–H groups in total. The van der Waals surface area contributed by atoms with Crippen LogP contribution in [-0.2, 0) is 15.5 Å². The van der Waals surface area contributed by atoms with Crippen molar-refractivity contribution in [3.63, 3.8) is 0 Å². The van der Waals surface area contributed by atoms with E-state index in [1.54, 1.807) is 0 Å². The molecule has 1 unspecified atom stereocenters. The summed E-state index contributed by atoms with van der Waals surface area (Å²) in [6, 6.07) is 9.56. The van der Waals surface area contributed by atoms with E-state index in [1.807, 2.05) is 51.1 Å². The molecule has 0 aromatic heterocycles. The monoisotopic (exact) mass is 323 g/mol. The Morgan fingerprint density at radius 1 is 1.27 bits per heavy atom. The van der Waals surface area contributed by atoms with Crippen LogP contribution < -0.4 is 5.32 Å². The van der Waals surface area contributed by atoms with Gasteiger partial charge in [-0.15, -0.1) is 0 Å². The Kier molecular flexibility index (Phi) is 5.62. The van der Waals surface area contributed by atoms with Crippen LogP contribution in [0.5, 0.6) is 0 Å². The number of ether oxygens (including phenoxy) is 1. The molecule has 0 radical (unpaired) electrons. The van der Waals surface area contributed by atoms with E-state index in [9.17, 15) is 9.00 Å². The van der Waals surface area contributed by atoms with Gasteiger partial charge < -0.3 is 10.1 Å². The minimum atomic E-state index is -1.02. The van der Waals surface area contributed by atoms with E-state index in [4.69, 9.17) is 4.74 Å². The summed E-state index contributed by atoms with van der Waals surface area (Å²) in [5, 5.41) is 2.95. The van der Waals surface area contributed by atoms with Crippen molar-refractivity contribution >= 4 is 16.9 Å². The Bertz CT molecular complexity index is 524. The van der Waals surface area contributed by atoms with Gasteiger partial charge in [0.25, 0.3) is 0 Å². The summed E-state index contributed by atoms with van der Waals surface area (Å²) < 4.78 is 17.7. The first kappa shape index (κ1) is 17.0. The molecule has 1 amide bonds. The van der Waals surface area contributed by atoms with E-state index in [-0.39, 0.29) is 18.1 Å². The van der Waals surface area contributed by atoms with Crippen LogP contribution in [-0.4, -0.2) is 27.7 Å². The fraction of sp³-hybridized carbons (Fsp3) is 0.588. The second-order valence-electron chi connectivity index (χ2n) is 6.77. The normalized spacial score (nSPS) is 23.0. The van der Waals surface area contributed by atoms with Gasteiger partial charge in [0, 0.05) is 16.7 Å². The zero-order valence-corrected chi connectivity index (χ0v) is 14.3. The number of carbonyl (C=O) groups excluding carboxylic acids is 1. The van der Waals surface area contributed by atoms with Crippen molar-refractivity contribution < 1.29 is 13.7 Å². The van der Waals surface area contributed by atoms with Crippen molar-refractivity contribution in [3.05, 3.63) is 30.3 Å². The fourth-order valence-electron chi connectivity index (χ4n) is 2.75. The van der Waals surface area contributed by atoms with E-state index in [0.29, 0.717) is 5.75 Å². The lowest BCUT2D eigenvalue weighted by Gasteiger charge is -2.24. The van der Waals surface area contributed by atoms with Gasteiger partial charge in [0.1, 0.15) is 5.60 Å². The van der Waals surface area contributed by atoms with Crippen LogP contribution in [0.2, 0.25) is 0 Å². The zero-order valence-electron chi connectivity index (χ0n) is 13.5. The molecule has 22 heavy (non-hydrogen) atoms. The quantitative estimate of drug-likeness (QED) is 0.923. The summed E-state index contributed by atoms with van der Waals surface area (Å²) in [5.41, 5.74) is -0.495. The molecule has 5 heteroatoms. The highest BCUT2D eigenvalue weighted by Gasteiger charge is 2.31. The lowest BCUT2D eigenvalue weighted by Crippen LogP contribution is -2.42. The molecule has 0 aliphatic heterocycles. The zero-order chi connectivity index (χ0) is 16.2. The highest BCUT2D eigenvalue weighted by atomic mass is 32.2. The van der Waals surface area contributed by atoms with Gasteiger partial charge in [-0.25, -0.2) is 4.79 Å². The molecule has 1 aliphatic carbocycles. The predicted octanol–water partition coefficient (Wildman–Crippen LogP) is 3.49. The van der Waals surface area contributed by atoms with E-state index in [2.05, 4.69) is 5.32 Å². The first-order valence-electron chi connectivity index (χ1n) is 7.78. The lowest BCUT2D eigenvalue weighted by atomic mass is 10.1. The first-order valence-corrected chi connectivity index (χ1v) is 9.10. The summed E-state index contributed by atoms with van der Waals surface area (Å²) in [6.45, 7) is 5.55. The predicted molar refractivity (Wildman–Crippen MR) is 88.2 cm³/mol. The summed E-state index contributed by atoms with van der Waals surface area (Å²) in [4.78, 5) is 12.8. The molecule has 0 bridgehead atoms.